The molecule has 0 atom stereocenters. The van der Waals surface area contributed by atoms with E-state index in [1.54, 1.807) is 18.2 Å². The van der Waals surface area contributed by atoms with Crippen molar-refractivity contribution >= 4 is 34.5 Å². The quantitative estimate of drug-likeness (QED) is 0.453. The lowest BCUT2D eigenvalue weighted by Crippen LogP contribution is -2.08. The maximum Gasteiger partial charge on any atom is 0.346 e. The average molecular weight is 299 g/mol. The first kappa shape index (κ1) is 13.4. The molecule has 0 aliphatic heterocycles. The van der Waals surface area contributed by atoms with Crippen molar-refractivity contribution in [3.05, 3.63) is 75.6 Å². The number of fused-ring (bicyclic) bond motifs is 1. The molecule has 0 radical (unpaired) electrons. The second-order valence-corrected chi connectivity index (χ2v) is 4.73. The van der Waals surface area contributed by atoms with E-state index in [-0.39, 0.29) is 5.56 Å². The number of benzene rings is 2. The standard InChI is InChI=1S/C16H11ClN2O2/c17-15-12-8-4-5-9-14(12)21-16(20)13(15)10-18-19-11-6-2-1-3-7-11/h1-10,19H/b18-10-. The summed E-state index contributed by atoms with van der Waals surface area (Å²) in [6.45, 7) is 0. The van der Waals surface area contributed by atoms with E-state index in [9.17, 15) is 4.79 Å². The fraction of sp³-hybridized carbons (Fsp3) is 0. The van der Waals surface area contributed by atoms with Crippen LogP contribution in [0, 0.1) is 0 Å². The molecule has 0 saturated heterocycles. The summed E-state index contributed by atoms with van der Waals surface area (Å²) in [7, 11) is 0. The van der Waals surface area contributed by atoms with Crippen LogP contribution in [-0.4, -0.2) is 6.21 Å². The highest BCUT2D eigenvalue weighted by Gasteiger charge is 2.10. The van der Waals surface area contributed by atoms with Crippen LogP contribution in [-0.2, 0) is 0 Å². The Morgan fingerprint density at radius 3 is 2.57 bits per heavy atom. The Bertz CT molecular complexity index is 857. The van der Waals surface area contributed by atoms with E-state index in [1.165, 1.54) is 6.21 Å². The zero-order valence-electron chi connectivity index (χ0n) is 10.9. The largest absolute Gasteiger partial charge is 0.422 e. The van der Waals surface area contributed by atoms with Crippen LogP contribution >= 0.6 is 11.6 Å². The second kappa shape index (κ2) is 5.81. The van der Waals surface area contributed by atoms with Crippen molar-refractivity contribution in [2.45, 2.75) is 0 Å². The molecule has 1 N–H and O–H groups in total. The van der Waals surface area contributed by atoms with Gasteiger partial charge in [0.1, 0.15) is 5.58 Å². The van der Waals surface area contributed by atoms with Gasteiger partial charge in [-0.2, -0.15) is 5.10 Å². The summed E-state index contributed by atoms with van der Waals surface area (Å²) in [6.07, 6.45) is 1.37. The molecule has 4 nitrogen and oxygen atoms in total. The molecule has 1 aromatic heterocycles. The van der Waals surface area contributed by atoms with Gasteiger partial charge in [-0.3, -0.25) is 5.43 Å². The molecule has 5 heteroatoms. The first-order valence-electron chi connectivity index (χ1n) is 6.31. The molecule has 0 aliphatic carbocycles. The van der Waals surface area contributed by atoms with Gasteiger partial charge < -0.3 is 4.42 Å². The van der Waals surface area contributed by atoms with Crippen LogP contribution in [0.25, 0.3) is 11.0 Å². The van der Waals surface area contributed by atoms with Crippen molar-refractivity contribution in [1.29, 1.82) is 0 Å². The molecule has 21 heavy (non-hydrogen) atoms. The van der Waals surface area contributed by atoms with Gasteiger partial charge in [0, 0.05) is 5.39 Å². The minimum absolute atomic E-state index is 0.221. The van der Waals surface area contributed by atoms with Crippen LogP contribution < -0.4 is 11.1 Å². The maximum atomic E-state index is 11.9. The van der Waals surface area contributed by atoms with Gasteiger partial charge >= 0.3 is 5.63 Å². The van der Waals surface area contributed by atoms with Gasteiger partial charge in [0.2, 0.25) is 0 Å². The summed E-state index contributed by atoms with van der Waals surface area (Å²) in [5.74, 6) is 0. The highest BCUT2D eigenvalue weighted by Crippen LogP contribution is 2.23. The molecule has 0 unspecified atom stereocenters. The Balaban J connectivity index is 1.95. The molecular formula is C16H11ClN2O2. The van der Waals surface area contributed by atoms with Gasteiger partial charge in [0.15, 0.2) is 0 Å². The number of hydrogen-bond donors (Lipinski definition) is 1. The van der Waals surface area contributed by atoms with Crippen molar-refractivity contribution in [3.63, 3.8) is 0 Å². The van der Waals surface area contributed by atoms with Crippen LogP contribution in [0.4, 0.5) is 5.69 Å². The number of para-hydroxylation sites is 2. The van der Waals surface area contributed by atoms with E-state index in [2.05, 4.69) is 10.5 Å². The number of nitrogens with one attached hydrogen (secondary N) is 1. The molecule has 0 amide bonds. The van der Waals surface area contributed by atoms with Crippen molar-refractivity contribution < 1.29 is 4.42 Å². The Hall–Kier alpha value is -2.59. The summed E-state index contributed by atoms with van der Waals surface area (Å²) >= 11 is 6.25. The highest BCUT2D eigenvalue weighted by molar-refractivity contribution is 6.37. The van der Waals surface area contributed by atoms with Gasteiger partial charge in [-0.25, -0.2) is 4.79 Å². The van der Waals surface area contributed by atoms with Gasteiger partial charge in [0.05, 0.1) is 22.5 Å². The van der Waals surface area contributed by atoms with Crippen molar-refractivity contribution in [1.82, 2.24) is 0 Å². The van der Waals surface area contributed by atoms with E-state index in [4.69, 9.17) is 16.0 Å². The number of rotatable bonds is 3. The van der Waals surface area contributed by atoms with Crippen molar-refractivity contribution in [3.8, 4) is 0 Å². The predicted octanol–water partition coefficient (Wildman–Crippen LogP) is 3.89. The molecule has 2 aromatic carbocycles. The smallest absolute Gasteiger partial charge is 0.346 e. The lowest BCUT2D eigenvalue weighted by Gasteiger charge is -2.02. The van der Waals surface area contributed by atoms with Crippen molar-refractivity contribution in [2.24, 2.45) is 5.10 Å². The van der Waals surface area contributed by atoms with Gasteiger partial charge in [-0.1, -0.05) is 41.9 Å². The molecule has 3 rings (SSSR count). The summed E-state index contributed by atoms with van der Waals surface area (Å²) in [5, 5.41) is 5.04. The first-order valence-corrected chi connectivity index (χ1v) is 6.69. The molecule has 0 bridgehead atoms. The predicted molar refractivity (Wildman–Crippen MR) is 85.2 cm³/mol. The average Bonchev–Trinajstić information content (AvgIpc) is 2.51. The maximum absolute atomic E-state index is 11.9. The van der Waals surface area contributed by atoms with E-state index in [0.717, 1.165) is 5.69 Å². The molecule has 0 spiro atoms. The van der Waals surface area contributed by atoms with Gasteiger partial charge in [0.25, 0.3) is 0 Å². The zero-order valence-corrected chi connectivity index (χ0v) is 11.7. The van der Waals surface area contributed by atoms with Gasteiger partial charge in [-0.05, 0) is 24.3 Å². The zero-order chi connectivity index (χ0) is 14.7. The molecule has 0 saturated carbocycles. The molecular weight excluding hydrogens is 288 g/mol. The van der Waals surface area contributed by atoms with Crippen molar-refractivity contribution in [2.75, 3.05) is 5.43 Å². The number of anilines is 1. The third kappa shape index (κ3) is 2.80. The third-order valence-corrected chi connectivity index (χ3v) is 3.35. The number of hydrazone groups is 1. The number of nitrogens with zero attached hydrogens (tertiary/aromatic N) is 1. The Kier molecular flexibility index (Phi) is 3.71. The van der Waals surface area contributed by atoms with Crippen LogP contribution in [0.1, 0.15) is 5.56 Å². The SMILES string of the molecule is O=c1oc2ccccc2c(Cl)c1/C=N\Nc1ccccc1. The molecule has 3 aromatic rings. The fourth-order valence-electron chi connectivity index (χ4n) is 1.92. The molecule has 104 valence electrons. The van der Waals surface area contributed by atoms with E-state index in [1.807, 2.05) is 36.4 Å². The Morgan fingerprint density at radius 2 is 1.76 bits per heavy atom. The first-order chi connectivity index (χ1) is 10.3. The van der Waals surface area contributed by atoms with E-state index >= 15 is 0 Å². The summed E-state index contributed by atoms with van der Waals surface area (Å²) in [5.41, 5.74) is 3.80. The summed E-state index contributed by atoms with van der Waals surface area (Å²) in [6, 6.07) is 16.5. The molecule has 0 fully saturated rings. The lowest BCUT2D eigenvalue weighted by atomic mass is 10.2. The van der Waals surface area contributed by atoms with E-state index in [0.29, 0.717) is 16.0 Å². The van der Waals surface area contributed by atoms with Crippen LogP contribution in [0.3, 0.4) is 0 Å². The summed E-state index contributed by atoms with van der Waals surface area (Å²) < 4.78 is 5.22. The monoisotopic (exact) mass is 298 g/mol. The van der Waals surface area contributed by atoms with Crippen LogP contribution in [0.2, 0.25) is 5.02 Å². The Morgan fingerprint density at radius 1 is 1.05 bits per heavy atom. The molecule has 1 heterocycles. The van der Waals surface area contributed by atoms with E-state index < -0.39 is 5.63 Å². The number of halogens is 1. The minimum atomic E-state index is -0.516. The van der Waals surface area contributed by atoms with Gasteiger partial charge in [-0.15, -0.1) is 0 Å². The molecule has 0 aliphatic rings. The second-order valence-electron chi connectivity index (χ2n) is 4.35. The summed E-state index contributed by atoms with van der Waals surface area (Å²) in [4.78, 5) is 11.9. The van der Waals surface area contributed by atoms with Crippen LogP contribution in [0.15, 0.2) is 68.9 Å². The topological polar surface area (TPSA) is 54.6 Å². The highest BCUT2D eigenvalue weighted by atomic mass is 35.5. The lowest BCUT2D eigenvalue weighted by molar-refractivity contribution is 0.560. The van der Waals surface area contributed by atoms with Crippen LogP contribution in [0.5, 0.6) is 0 Å². The fourth-order valence-corrected chi connectivity index (χ4v) is 2.20. The Labute approximate surface area is 125 Å². The third-order valence-electron chi connectivity index (χ3n) is 2.94. The number of hydrogen-bond acceptors (Lipinski definition) is 4. The normalized spacial score (nSPS) is 11.1. The minimum Gasteiger partial charge on any atom is -0.422 e.